The fourth-order valence-corrected chi connectivity index (χ4v) is 2.54. The molecule has 1 aromatic carbocycles. The summed E-state index contributed by atoms with van der Waals surface area (Å²) >= 11 is 4.66. The predicted molar refractivity (Wildman–Crippen MR) is 85.5 cm³/mol. The molecule has 0 saturated carbocycles. The molecule has 0 fully saturated rings. The smallest absolute Gasteiger partial charge is 0.286 e. The highest BCUT2D eigenvalue weighted by atomic mass is 79.9. The van der Waals surface area contributed by atoms with Gasteiger partial charge >= 0.3 is 0 Å². The number of aromatic nitrogens is 2. The van der Waals surface area contributed by atoms with Gasteiger partial charge in [-0.3, -0.25) is 4.79 Å². The van der Waals surface area contributed by atoms with E-state index in [4.69, 9.17) is 0 Å². The third-order valence-corrected chi connectivity index (χ3v) is 4.09. The fourth-order valence-electron chi connectivity index (χ4n) is 1.53. The number of hydrogen-bond donors (Lipinski definition) is 2. The lowest BCUT2D eigenvalue weighted by atomic mass is 10.2. The molecular formula is C13H15BrN4OS. The first-order chi connectivity index (χ1) is 9.60. The molecular weight excluding hydrogens is 340 g/mol. The quantitative estimate of drug-likeness (QED) is 0.859. The van der Waals surface area contributed by atoms with Gasteiger partial charge in [-0.15, -0.1) is 10.2 Å². The summed E-state index contributed by atoms with van der Waals surface area (Å²) in [7, 11) is 0. The highest BCUT2D eigenvalue weighted by Gasteiger charge is 2.14. The first-order valence-corrected chi connectivity index (χ1v) is 7.86. The molecule has 2 rings (SSSR count). The van der Waals surface area contributed by atoms with Crippen molar-refractivity contribution in [1.29, 1.82) is 0 Å². The third-order valence-electron chi connectivity index (χ3n) is 2.52. The van der Waals surface area contributed by atoms with Crippen molar-refractivity contribution in [2.75, 3.05) is 17.2 Å². The molecule has 0 spiro atoms. The summed E-state index contributed by atoms with van der Waals surface area (Å²) in [6.45, 7) is 4.86. The minimum atomic E-state index is -0.252. The zero-order valence-corrected chi connectivity index (χ0v) is 13.6. The molecule has 1 amide bonds. The van der Waals surface area contributed by atoms with E-state index in [9.17, 15) is 4.79 Å². The van der Waals surface area contributed by atoms with Crippen LogP contribution in [-0.4, -0.2) is 22.6 Å². The molecule has 20 heavy (non-hydrogen) atoms. The van der Waals surface area contributed by atoms with Crippen molar-refractivity contribution in [2.45, 2.75) is 20.3 Å². The lowest BCUT2D eigenvalue weighted by Gasteiger charge is -2.06. The van der Waals surface area contributed by atoms with E-state index in [0.29, 0.717) is 10.1 Å². The third kappa shape index (κ3) is 3.77. The van der Waals surface area contributed by atoms with Crippen LogP contribution in [0.15, 0.2) is 22.7 Å². The van der Waals surface area contributed by atoms with Gasteiger partial charge in [0.25, 0.3) is 5.91 Å². The van der Waals surface area contributed by atoms with Crippen molar-refractivity contribution in [3.8, 4) is 0 Å². The number of hydrogen-bond acceptors (Lipinski definition) is 5. The Bertz CT molecular complexity index is 614. The van der Waals surface area contributed by atoms with Gasteiger partial charge in [-0.05, 0) is 47.0 Å². The normalized spacial score (nSPS) is 10.3. The van der Waals surface area contributed by atoms with E-state index < -0.39 is 0 Å². The number of halogens is 1. The lowest BCUT2D eigenvalue weighted by Crippen LogP contribution is -2.12. The molecule has 5 nitrogen and oxygen atoms in total. The molecule has 0 aliphatic rings. The summed E-state index contributed by atoms with van der Waals surface area (Å²) in [4.78, 5) is 12.1. The molecule has 2 N–H and O–H groups in total. The Labute approximate surface area is 129 Å². The van der Waals surface area contributed by atoms with Gasteiger partial charge in [0, 0.05) is 11.0 Å². The van der Waals surface area contributed by atoms with Crippen molar-refractivity contribution in [3.05, 3.63) is 33.2 Å². The number of amides is 1. The molecule has 2 aromatic rings. The second-order valence-corrected chi connectivity index (χ2v) is 6.11. The lowest BCUT2D eigenvalue weighted by molar-refractivity contribution is 0.102. The highest BCUT2D eigenvalue weighted by molar-refractivity contribution is 9.10. The average Bonchev–Trinajstić information content (AvgIpc) is 2.89. The number of benzene rings is 1. The molecule has 0 unspecified atom stereocenters. The van der Waals surface area contributed by atoms with Gasteiger partial charge in [0.2, 0.25) is 10.1 Å². The van der Waals surface area contributed by atoms with Crippen LogP contribution < -0.4 is 10.6 Å². The van der Waals surface area contributed by atoms with Crippen LogP contribution in [0.2, 0.25) is 0 Å². The minimum Gasteiger partial charge on any atom is -0.360 e. The number of aryl methyl sites for hydroxylation is 1. The molecule has 0 aliphatic carbocycles. The second-order valence-electron chi connectivity index (χ2n) is 4.28. The molecule has 7 heteroatoms. The Morgan fingerprint density at radius 2 is 2.20 bits per heavy atom. The predicted octanol–water partition coefficient (Wildman–Crippen LogP) is 3.68. The summed E-state index contributed by atoms with van der Waals surface area (Å²) in [5.74, 6) is -0.252. The summed E-state index contributed by atoms with van der Waals surface area (Å²) in [6, 6.07) is 5.77. The van der Waals surface area contributed by atoms with E-state index in [0.717, 1.165) is 28.7 Å². The van der Waals surface area contributed by atoms with Gasteiger partial charge in [-0.25, -0.2) is 0 Å². The standard InChI is InChI=1S/C13H15BrN4OS/c1-3-6-15-13-18-17-12(20-13)11(19)16-10-7-8(2)4-5-9(10)14/h4-5,7H,3,6H2,1-2H3,(H,15,18)(H,16,19). The molecule has 0 radical (unpaired) electrons. The van der Waals surface area contributed by atoms with E-state index in [2.05, 4.69) is 43.7 Å². The van der Waals surface area contributed by atoms with Crippen molar-refractivity contribution in [3.63, 3.8) is 0 Å². The maximum Gasteiger partial charge on any atom is 0.286 e. The first kappa shape index (κ1) is 14.9. The Hall–Kier alpha value is -1.47. The topological polar surface area (TPSA) is 66.9 Å². The molecule has 1 aromatic heterocycles. The van der Waals surface area contributed by atoms with E-state index in [1.54, 1.807) is 0 Å². The first-order valence-electron chi connectivity index (χ1n) is 6.25. The average molecular weight is 355 g/mol. The molecule has 0 bridgehead atoms. The summed E-state index contributed by atoms with van der Waals surface area (Å²) in [5.41, 5.74) is 1.80. The number of rotatable bonds is 5. The fraction of sp³-hybridized carbons (Fsp3) is 0.308. The summed E-state index contributed by atoms with van der Waals surface area (Å²) < 4.78 is 0.838. The Morgan fingerprint density at radius 3 is 2.95 bits per heavy atom. The highest BCUT2D eigenvalue weighted by Crippen LogP contribution is 2.24. The Kier molecular flexibility index (Phi) is 5.08. The van der Waals surface area contributed by atoms with Crippen molar-refractivity contribution in [1.82, 2.24) is 10.2 Å². The van der Waals surface area contributed by atoms with Crippen LogP contribution in [0.25, 0.3) is 0 Å². The SMILES string of the molecule is CCCNc1nnc(C(=O)Nc2cc(C)ccc2Br)s1. The van der Waals surface area contributed by atoms with Gasteiger partial charge < -0.3 is 10.6 Å². The number of carbonyl (C=O) groups is 1. The molecule has 1 heterocycles. The zero-order chi connectivity index (χ0) is 14.5. The Morgan fingerprint density at radius 1 is 1.40 bits per heavy atom. The number of carbonyl (C=O) groups excluding carboxylic acids is 1. The van der Waals surface area contributed by atoms with Crippen molar-refractivity contribution in [2.24, 2.45) is 0 Å². The van der Waals surface area contributed by atoms with Crippen LogP contribution in [0, 0.1) is 6.92 Å². The maximum atomic E-state index is 12.1. The van der Waals surface area contributed by atoms with Gasteiger partial charge in [0.15, 0.2) is 0 Å². The van der Waals surface area contributed by atoms with Crippen LogP contribution in [-0.2, 0) is 0 Å². The van der Waals surface area contributed by atoms with Crippen molar-refractivity contribution < 1.29 is 4.79 Å². The number of nitrogens with one attached hydrogen (secondary N) is 2. The molecule has 0 aliphatic heterocycles. The van der Waals surface area contributed by atoms with Crippen LogP contribution >= 0.6 is 27.3 Å². The molecule has 0 atom stereocenters. The number of nitrogens with zero attached hydrogens (tertiary/aromatic N) is 2. The van der Waals surface area contributed by atoms with Gasteiger partial charge in [0.1, 0.15) is 0 Å². The van der Waals surface area contributed by atoms with Crippen LogP contribution in [0.3, 0.4) is 0 Å². The van der Waals surface area contributed by atoms with E-state index in [1.165, 1.54) is 11.3 Å². The minimum absolute atomic E-state index is 0.252. The van der Waals surface area contributed by atoms with Crippen LogP contribution in [0.5, 0.6) is 0 Å². The Balaban J connectivity index is 2.08. The van der Waals surface area contributed by atoms with Gasteiger partial charge in [-0.1, -0.05) is 24.3 Å². The number of anilines is 2. The molecule has 106 valence electrons. The van der Waals surface area contributed by atoms with Gasteiger partial charge in [0.05, 0.1) is 5.69 Å². The van der Waals surface area contributed by atoms with Crippen LogP contribution in [0.4, 0.5) is 10.8 Å². The second kappa shape index (κ2) is 6.81. The monoisotopic (exact) mass is 354 g/mol. The van der Waals surface area contributed by atoms with E-state index in [-0.39, 0.29) is 5.91 Å². The van der Waals surface area contributed by atoms with Gasteiger partial charge in [-0.2, -0.15) is 0 Å². The van der Waals surface area contributed by atoms with Crippen molar-refractivity contribution >= 4 is 44.0 Å². The van der Waals surface area contributed by atoms with Crippen LogP contribution in [0.1, 0.15) is 28.7 Å². The maximum absolute atomic E-state index is 12.1. The summed E-state index contributed by atoms with van der Waals surface area (Å²) in [6.07, 6.45) is 0.997. The molecule has 0 saturated heterocycles. The van der Waals surface area contributed by atoms with E-state index >= 15 is 0 Å². The van der Waals surface area contributed by atoms with E-state index in [1.807, 2.05) is 25.1 Å². The zero-order valence-electron chi connectivity index (χ0n) is 11.2. The summed E-state index contributed by atoms with van der Waals surface area (Å²) in [5, 5.41) is 14.8. The largest absolute Gasteiger partial charge is 0.360 e.